The number of Topliss-reactive ketones (excluding diaryl/α,β-unsaturated/α-hetero) is 1. The molecule has 0 rings (SSSR count). The van der Waals surface area contributed by atoms with E-state index in [0.29, 0.717) is 25.4 Å². The topological polar surface area (TPSA) is 105 Å². The first kappa shape index (κ1) is 48.6. The molecular weight excluding hydrogens is 524 g/mol. The predicted molar refractivity (Wildman–Crippen MR) is 170 cm³/mol. The van der Waals surface area contributed by atoms with Gasteiger partial charge in [-0.2, -0.15) is 0 Å². The zero-order valence-corrected chi connectivity index (χ0v) is 29.5. The van der Waals surface area contributed by atoms with Gasteiger partial charge in [0.1, 0.15) is 11.9 Å². The van der Waals surface area contributed by atoms with Crippen LogP contribution in [-0.4, -0.2) is 50.3 Å². The molecule has 0 amide bonds. The first-order chi connectivity index (χ1) is 17.5. The molecule has 0 aliphatic rings. The van der Waals surface area contributed by atoms with E-state index < -0.39 is 6.16 Å². The maximum absolute atomic E-state index is 11.3. The molecule has 8 heteroatoms. The Balaban J connectivity index is -0.000000142. The van der Waals surface area contributed by atoms with Crippen molar-refractivity contribution in [3.05, 3.63) is 0 Å². The lowest BCUT2D eigenvalue weighted by Crippen LogP contribution is -2.28. The number of carbonyl (C=O) groups is 4. The average molecular weight is 593 g/mol. The zero-order chi connectivity index (χ0) is 33.3. The highest BCUT2D eigenvalue weighted by Gasteiger charge is 2.25. The second-order valence-corrected chi connectivity index (χ2v) is 15.0. The minimum absolute atomic E-state index is 0. The fraction of sp³-hybridized carbons (Fsp3) is 0.879. The van der Waals surface area contributed by atoms with E-state index in [-0.39, 0.29) is 52.5 Å². The molecule has 1 atom stereocenters. The van der Waals surface area contributed by atoms with Gasteiger partial charge >= 0.3 is 18.1 Å². The summed E-state index contributed by atoms with van der Waals surface area (Å²) in [5.41, 5.74) is -0.845. The molecule has 0 aromatic rings. The third kappa shape index (κ3) is 32.3. The summed E-state index contributed by atoms with van der Waals surface area (Å²) < 4.78 is 19.2. The zero-order valence-electron chi connectivity index (χ0n) is 29.5. The molecule has 8 nitrogen and oxygen atoms in total. The van der Waals surface area contributed by atoms with Crippen molar-refractivity contribution in [2.24, 2.45) is 27.1 Å². The molecule has 0 radical (unpaired) electrons. The third-order valence-electron chi connectivity index (χ3n) is 4.96. The van der Waals surface area contributed by atoms with Crippen LogP contribution < -0.4 is 0 Å². The van der Waals surface area contributed by atoms with Gasteiger partial charge in [-0.3, -0.25) is 14.4 Å². The van der Waals surface area contributed by atoms with Gasteiger partial charge in [0.15, 0.2) is 0 Å². The van der Waals surface area contributed by atoms with E-state index in [1.165, 1.54) is 7.11 Å². The molecule has 41 heavy (non-hydrogen) atoms. The minimum atomic E-state index is -0.583. The number of rotatable bonds is 4. The number of hydrogen-bond acceptors (Lipinski definition) is 8. The lowest BCUT2D eigenvalue weighted by molar-refractivity contribution is -0.155. The van der Waals surface area contributed by atoms with E-state index in [1.54, 1.807) is 6.92 Å². The van der Waals surface area contributed by atoms with Crippen LogP contribution in [-0.2, 0) is 33.3 Å². The van der Waals surface area contributed by atoms with Crippen molar-refractivity contribution >= 4 is 23.9 Å². The van der Waals surface area contributed by atoms with Gasteiger partial charge in [-0.25, -0.2) is 4.79 Å². The fourth-order valence-electron chi connectivity index (χ4n) is 1.81. The normalized spacial score (nSPS) is 12.2. The fourth-order valence-corrected chi connectivity index (χ4v) is 1.81. The molecule has 0 aromatic heterocycles. The maximum atomic E-state index is 11.3. The Morgan fingerprint density at radius 3 is 1.20 bits per heavy atom. The van der Waals surface area contributed by atoms with Gasteiger partial charge in [0.25, 0.3) is 0 Å². The molecule has 0 saturated carbocycles. The summed E-state index contributed by atoms with van der Waals surface area (Å²) in [6.45, 7) is 35.4. The Morgan fingerprint density at radius 1 is 0.634 bits per heavy atom. The summed E-state index contributed by atoms with van der Waals surface area (Å²) >= 11 is 0. The molecule has 0 heterocycles. The highest BCUT2D eigenvalue weighted by Crippen LogP contribution is 2.22. The van der Waals surface area contributed by atoms with E-state index in [0.717, 1.165) is 0 Å². The molecule has 0 fully saturated rings. The van der Waals surface area contributed by atoms with Crippen molar-refractivity contribution in [3.63, 3.8) is 0 Å². The highest BCUT2D eigenvalue weighted by atomic mass is 16.7. The van der Waals surface area contributed by atoms with Crippen LogP contribution in [0.2, 0.25) is 0 Å². The Hall–Kier alpha value is -2.12. The Bertz CT molecular complexity index is 708. The predicted octanol–water partition coefficient (Wildman–Crippen LogP) is 9.07. The van der Waals surface area contributed by atoms with Crippen molar-refractivity contribution in [2.75, 3.05) is 20.3 Å². The van der Waals surface area contributed by atoms with Crippen LogP contribution in [0.5, 0.6) is 0 Å². The Labute approximate surface area is 254 Å². The monoisotopic (exact) mass is 592 g/mol. The highest BCUT2D eigenvalue weighted by molar-refractivity contribution is 5.83. The minimum Gasteiger partial charge on any atom is -0.469 e. The van der Waals surface area contributed by atoms with E-state index >= 15 is 0 Å². The van der Waals surface area contributed by atoms with Gasteiger partial charge in [0, 0.05) is 11.8 Å². The third-order valence-corrected chi connectivity index (χ3v) is 4.96. The lowest BCUT2D eigenvalue weighted by Gasteiger charge is -2.26. The number of ketones is 1. The van der Waals surface area contributed by atoms with Gasteiger partial charge < -0.3 is 18.9 Å². The average Bonchev–Trinajstić information content (AvgIpc) is 2.74. The molecule has 0 saturated heterocycles. The van der Waals surface area contributed by atoms with Crippen molar-refractivity contribution in [1.29, 1.82) is 0 Å². The molecule has 0 bridgehead atoms. The second-order valence-electron chi connectivity index (χ2n) is 15.0. The van der Waals surface area contributed by atoms with Gasteiger partial charge in [0.2, 0.25) is 0 Å². The Morgan fingerprint density at radius 2 is 1.02 bits per heavy atom. The summed E-state index contributed by atoms with van der Waals surface area (Å²) in [6, 6.07) is 0. The van der Waals surface area contributed by atoms with Crippen LogP contribution in [0.25, 0.3) is 0 Å². The molecule has 0 aliphatic carbocycles. The molecule has 248 valence electrons. The largest absolute Gasteiger partial charge is 0.508 e. The van der Waals surface area contributed by atoms with Crippen LogP contribution in [0, 0.1) is 27.1 Å². The summed E-state index contributed by atoms with van der Waals surface area (Å²) in [5.74, 6) is 0.0347. The van der Waals surface area contributed by atoms with Crippen molar-refractivity contribution in [3.8, 4) is 0 Å². The quantitative estimate of drug-likeness (QED) is 0.235. The van der Waals surface area contributed by atoms with Crippen LogP contribution in [0.1, 0.15) is 138 Å². The summed E-state index contributed by atoms with van der Waals surface area (Å²) in [4.78, 5) is 43.6. The maximum Gasteiger partial charge on any atom is 0.508 e. The van der Waals surface area contributed by atoms with E-state index in [2.05, 4.69) is 9.47 Å². The summed E-state index contributed by atoms with van der Waals surface area (Å²) in [6.07, 6.45) is -0.0553. The number of methoxy groups -OCH3 is 1. The first-order valence-electron chi connectivity index (χ1n) is 14.1. The smallest absolute Gasteiger partial charge is 0.469 e. The lowest BCUT2D eigenvalue weighted by atomic mass is 9.90. The number of hydrogen-bond donors (Lipinski definition) is 0. The van der Waals surface area contributed by atoms with E-state index in [4.69, 9.17) is 9.47 Å². The summed E-state index contributed by atoms with van der Waals surface area (Å²) in [7, 11) is 1.40. The second kappa shape index (κ2) is 20.7. The number of carbonyl (C=O) groups excluding carboxylic acids is 4. The van der Waals surface area contributed by atoms with Crippen LogP contribution >= 0.6 is 0 Å². The first-order valence-corrected chi connectivity index (χ1v) is 14.1. The van der Waals surface area contributed by atoms with E-state index in [9.17, 15) is 19.2 Å². The van der Waals surface area contributed by atoms with Gasteiger partial charge in [-0.15, -0.1) is 0 Å². The SMILES string of the molecule is C.CC(C)(C)COC(=O)C(C)(C)C.CCC(=O)C(C)(C)C.CCOC(=O)OC(C)C(C)(C)C.COC(=O)C(C)(C)C. The van der Waals surface area contributed by atoms with Crippen molar-refractivity contribution < 1.29 is 38.1 Å². The van der Waals surface area contributed by atoms with Gasteiger partial charge in [0.05, 0.1) is 31.2 Å². The van der Waals surface area contributed by atoms with Crippen molar-refractivity contribution in [1.82, 2.24) is 0 Å². The molecule has 0 aliphatic heterocycles. The van der Waals surface area contributed by atoms with Crippen LogP contribution in [0.15, 0.2) is 0 Å². The Kier molecular flexibility index (Phi) is 24.5. The molecule has 1 unspecified atom stereocenters. The number of esters is 2. The van der Waals surface area contributed by atoms with Crippen LogP contribution in [0.4, 0.5) is 4.79 Å². The summed E-state index contributed by atoms with van der Waals surface area (Å²) in [5, 5.41) is 0. The molecule has 0 N–H and O–H groups in total. The van der Waals surface area contributed by atoms with Gasteiger partial charge in [-0.05, 0) is 66.2 Å². The standard InChI is InChI=1S/C10H20O2.C9H18O3.C7H14O.C6H12O2.CH4/c1-9(2,3)7-12-8(11)10(4,5)6;1-6-11-8(10)12-7(2)9(3,4)5;1-5-6(8)7(2,3)4;1-6(2,3)5(7)8-4;/h7H2,1-6H3;7H,6H2,1-5H3;5H2,1-4H3;1-4H3;1H4. The number of ether oxygens (including phenoxy) is 4. The molecule has 0 spiro atoms. The van der Waals surface area contributed by atoms with Crippen molar-refractivity contribution in [2.45, 2.75) is 145 Å². The van der Waals surface area contributed by atoms with Gasteiger partial charge in [-0.1, -0.05) is 76.7 Å². The van der Waals surface area contributed by atoms with E-state index in [1.807, 2.05) is 118 Å². The molecular formula is C33H68O8. The van der Waals surface area contributed by atoms with Crippen LogP contribution in [0.3, 0.4) is 0 Å². The molecule has 0 aromatic carbocycles.